The van der Waals surface area contributed by atoms with Crippen LogP contribution < -0.4 is 10.4 Å². The lowest BCUT2D eigenvalue weighted by Gasteiger charge is -2.43. The molecule has 1 fully saturated rings. The molecule has 0 unspecified atom stereocenters. The van der Waals surface area contributed by atoms with E-state index in [4.69, 9.17) is 20.8 Å². The molecule has 0 N–H and O–H groups in total. The first-order valence-corrected chi connectivity index (χ1v) is 14.4. The first-order valence-electron chi connectivity index (χ1n) is 12.1. The SMILES string of the molecule is CC(C)(C)[Si](OCC[C@@H]1OCC[C@H]1n1cnc2c(Cl)ncnc21)(c1ccccc1)c1ccccc1. The lowest BCUT2D eigenvalue weighted by Crippen LogP contribution is -2.66. The third kappa shape index (κ3) is 4.42. The molecule has 0 saturated carbocycles. The number of fused-ring (bicyclic) bond motifs is 1. The molecule has 6 nitrogen and oxygen atoms in total. The number of hydrogen-bond acceptors (Lipinski definition) is 5. The van der Waals surface area contributed by atoms with Gasteiger partial charge in [0.25, 0.3) is 8.32 Å². The average Bonchev–Trinajstić information content (AvgIpc) is 3.49. The number of rotatable bonds is 7. The van der Waals surface area contributed by atoms with E-state index in [0.717, 1.165) is 18.5 Å². The Kier molecular flexibility index (Phi) is 6.77. The van der Waals surface area contributed by atoms with E-state index in [9.17, 15) is 0 Å². The zero-order valence-corrected chi connectivity index (χ0v) is 22.2. The summed E-state index contributed by atoms with van der Waals surface area (Å²) >= 11 is 6.23. The fourth-order valence-electron chi connectivity index (χ4n) is 5.39. The topological polar surface area (TPSA) is 62.1 Å². The van der Waals surface area contributed by atoms with E-state index in [1.807, 2.05) is 0 Å². The van der Waals surface area contributed by atoms with Gasteiger partial charge in [-0.05, 0) is 28.3 Å². The number of halogens is 1. The van der Waals surface area contributed by atoms with Crippen molar-refractivity contribution in [3.63, 3.8) is 0 Å². The number of hydrogen-bond donors (Lipinski definition) is 0. The molecule has 0 radical (unpaired) electrons. The molecule has 4 aromatic rings. The van der Waals surface area contributed by atoms with Crippen molar-refractivity contribution in [1.29, 1.82) is 0 Å². The van der Waals surface area contributed by atoms with Crippen LogP contribution in [-0.4, -0.2) is 47.2 Å². The second-order valence-corrected chi connectivity index (χ2v) is 14.7. The highest BCUT2D eigenvalue weighted by Gasteiger charge is 2.50. The summed E-state index contributed by atoms with van der Waals surface area (Å²) in [4.78, 5) is 12.9. The first kappa shape index (κ1) is 24.1. The molecule has 1 saturated heterocycles. The van der Waals surface area contributed by atoms with E-state index in [1.165, 1.54) is 16.7 Å². The van der Waals surface area contributed by atoms with Gasteiger partial charge in [-0.15, -0.1) is 0 Å². The molecule has 8 heteroatoms. The molecule has 2 atom stereocenters. The average molecular weight is 507 g/mol. The van der Waals surface area contributed by atoms with E-state index in [-0.39, 0.29) is 17.2 Å². The van der Waals surface area contributed by atoms with Crippen molar-refractivity contribution in [1.82, 2.24) is 19.5 Å². The maximum Gasteiger partial charge on any atom is 0.261 e. The fraction of sp³-hybridized carbons (Fsp3) is 0.370. The molecular formula is C27H31ClN4O2Si. The smallest absolute Gasteiger partial charge is 0.261 e. The molecule has 0 bridgehead atoms. The van der Waals surface area contributed by atoms with Crippen LogP contribution in [0.25, 0.3) is 11.2 Å². The maximum atomic E-state index is 7.09. The minimum Gasteiger partial charge on any atom is -0.407 e. The van der Waals surface area contributed by atoms with Gasteiger partial charge in [-0.2, -0.15) is 0 Å². The lowest BCUT2D eigenvalue weighted by molar-refractivity contribution is 0.0719. The third-order valence-corrected chi connectivity index (χ3v) is 12.3. The molecule has 2 aromatic carbocycles. The van der Waals surface area contributed by atoms with Gasteiger partial charge < -0.3 is 13.7 Å². The fourth-order valence-corrected chi connectivity index (χ4v) is 10.1. The van der Waals surface area contributed by atoms with E-state index in [0.29, 0.717) is 23.9 Å². The van der Waals surface area contributed by atoms with Gasteiger partial charge in [0.1, 0.15) is 11.8 Å². The molecule has 0 amide bonds. The van der Waals surface area contributed by atoms with Gasteiger partial charge >= 0.3 is 0 Å². The standard InChI is InChI=1S/C27H31ClN4O2Si/c1-27(2,3)35(20-10-6-4-7-11-20,21-12-8-5-9-13-21)34-17-15-23-22(14-16-33-23)32-19-31-24-25(28)29-18-30-26(24)32/h4-13,18-19,22-23H,14-17H2,1-3H3/t22-,23+/m1/s1. The second kappa shape index (κ2) is 9.82. The summed E-state index contributed by atoms with van der Waals surface area (Å²) in [5, 5.41) is 2.89. The van der Waals surface area contributed by atoms with Crippen molar-refractivity contribution in [2.75, 3.05) is 13.2 Å². The zero-order chi connectivity index (χ0) is 24.5. The van der Waals surface area contributed by atoms with Gasteiger partial charge in [-0.25, -0.2) is 15.0 Å². The van der Waals surface area contributed by atoms with Crippen LogP contribution in [0.15, 0.2) is 73.3 Å². The molecule has 2 aromatic heterocycles. The Hall–Kier alpha value is -2.58. The number of nitrogens with zero attached hydrogens (tertiary/aromatic N) is 4. The summed E-state index contributed by atoms with van der Waals surface area (Å²) < 4.78 is 15.4. The van der Waals surface area contributed by atoms with E-state index >= 15 is 0 Å². The van der Waals surface area contributed by atoms with Gasteiger partial charge in [0.05, 0.1) is 18.5 Å². The Balaban J connectivity index is 1.42. The normalized spacial score (nSPS) is 18.9. The first-order chi connectivity index (χ1) is 16.9. The van der Waals surface area contributed by atoms with Crippen LogP contribution in [0.3, 0.4) is 0 Å². The van der Waals surface area contributed by atoms with Crippen LogP contribution in [0.4, 0.5) is 0 Å². The number of imidazole rings is 1. The predicted molar refractivity (Wildman–Crippen MR) is 142 cm³/mol. The largest absolute Gasteiger partial charge is 0.407 e. The Bertz CT molecular complexity index is 1240. The van der Waals surface area contributed by atoms with Gasteiger partial charge in [0, 0.05) is 13.2 Å². The molecule has 1 aliphatic rings. The van der Waals surface area contributed by atoms with Crippen molar-refractivity contribution in [2.24, 2.45) is 0 Å². The summed E-state index contributed by atoms with van der Waals surface area (Å²) in [7, 11) is -2.57. The molecule has 3 heterocycles. The highest BCUT2D eigenvalue weighted by Crippen LogP contribution is 2.38. The minimum atomic E-state index is -2.57. The highest BCUT2D eigenvalue weighted by atomic mass is 35.5. The van der Waals surface area contributed by atoms with Gasteiger partial charge in [-0.3, -0.25) is 0 Å². The second-order valence-electron chi connectivity index (χ2n) is 10.1. The van der Waals surface area contributed by atoms with E-state index in [1.54, 1.807) is 6.33 Å². The van der Waals surface area contributed by atoms with Gasteiger partial charge in [0.2, 0.25) is 0 Å². The van der Waals surface area contributed by atoms with Crippen molar-refractivity contribution >= 4 is 41.5 Å². The number of benzene rings is 2. The molecule has 1 aliphatic heterocycles. The van der Waals surface area contributed by atoms with Crippen molar-refractivity contribution in [3.05, 3.63) is 78.5 Å². The van der Waals surface area contributed by atoms with Crippen LogP contribution in [0.1, 0.15) is 39.7 Å². The number of ether oxygens (including phenoxy) is 1. The minimum absolute atomic E-state index is 0.0133. The van der Waals surface area contributed by atoms with Crippen molar-refractivity contribution in [3.8, 4) is 0 Å². The predicted octanol–water partition coefficient (Wildman–Crippen LogP) is 4.78. The Labute approximate surface area is 212 Å². The Morgan fingerprint density at radius 3 is 2.29 bits per heavy atom. The van der Waals surface area contributed by atoms with Crippen molar-refractivity contribution in [2.45, 2.75) is 50.8 Å². The highest BCUT2D eigenvalue weighted by molar-refractivity contribution is 6.99. The Morgan fingerprint density at radius 1 is 1.00 bits per heavy atom. The molecule has 35 heavy (non-hydrogen) atoms. The van der Waals surface area contributed by atoms with Crippen LogP contribution in [0, 0.1) is 0 Å². The van der Waals surface area contributed by atoms with E-state index in [2.05, 4.69) is 101 Å². The zero-order valence-electron chi connectivity index (χ0n) is 20.4. The van der Waals surface area contributed by atoms with Gasteiger partial charge in [0.15, 0.2) is 10.8 Å². The summed E-state index contributed by atoms with van der Waals surface area (Å²) in [5.74, 6) is 0. The number of aromatic nitrogens is 4. The van der Waals surface area contributed by atoms with E-state index < -0.39 is 8.32 Å². The van der Waals surface area contributed by atoms with Gasteiger partial charge in [-0.1, -0.05) is 93.0 Å². The quantitative estimate of drug-likeness (QED) is 0.267. The molecular weight excluding hydrogens is 476 g/mol. The Morgan fingerprint density at radius 2 is 1.66 bits per heavy atom. The summed E-state index contributed by atoms with van der Waals surface area (Å²) in [6.45, 7) is 8.21. The van der Waals surface area contributed by atoms with Crippen LogP contribution >= 0.6 is 11.6 Å². The molecule has 0 spiro atoms. The van der Waals surface area contributed by atoms with Crippen LogP contribution in [0.2, 0.25) is 10.2 Å². The van der Waals surface area contributed by atoms with Crippen LogP contribution in [-0.2, 0) is 9.16 Å². The summed E-state index contributed by atoms with van der Waals surface area (Å²) in [5.41, 5.74) is 1.38. The lowest BCUT2D eigenvalue weighted by atomic mass is 10.1. The monoisotopic (exact) mass is 506 g/mol. The molecule has 182 valence electrons. The maximum absolute atomic E-state index is 7.09. The molecule has 5 rings (SSSR count). The molecule has 0 aliphatic carbocycles. The van der Waals surface area contributed by atoms with Crippen LogP contribution in [0.5, 0.6) is 0 Å². The van der Waals surface area contributed by atoms with Crippen molar-refractivity contribution < 1.29 is 9.16 Å². The summed E-state index contributed by atoms with van der Waals surface area (Å²) in [6.07, 6.45) is 4.99. The summed E-state index contributed by atoms with van der Waals surface area (Å²) in [6, 6.07) is 21.6. The third-order valence-electron chi connectivity index (χ3n) is 6.98.